The zero-order valence-electron chi connectivity index (χ0n) is 14.1. The molecule has 2 heterocycles. The molecule has 1 amide bonds. The summed E-state index contributed by atoms with van der Waals surface area (Å²) in [6, 6.07) is 6.42. The zero-order chi connectivity index (χ0) is 16.1. The van der Waals surface area contributed by atoms with E-state index in [4.69, 9.17) is 4.74 Å². The number of rotatable bonds is 4. The van der Waals surface area contributed by atoms with Crippen molar-refractivity contribution in [3.05, 3.63) is 29.6 Å². The maximum absolute atomic E-state index is 12.0. The van der Waals surface area contributed by atoms with Crippen molar-refractivity contribution in [3.63, 3.8) is 0 Å². The second-order valence-corrected chi connectivity index (χ2v) is 6.31. The standard InChI is InChI=1S/C17H27N3O2/c1-13-6-5-7-16(18-13)11-20-8-9-22-12-15(14(20)2)10-17(21)19(3)4/h5-7,14-15H,8-12H2,1-4H3/t14-,15+/m1/s1. The molecule has 0 radical (unpaired) electrons. The van der Waals surface area contributed by atoms with Crippen molar-refractivity contribution in [2.24, 2.45) is 5.92 Å². The first-order valence-corrected chi connectivity index (χ1v) is 7.92. The third-order valence-corrected chi connectivity index (χ3v) is 4.36. The van der Waals surface area contributed by atoms with Crippen LogP contribution in [0.2, 0.25) is 0 Å². The number of aryl methyl sites for hydroxylation is 1. The Morgan fingerprint density at radius 2 is 2.23 bits per heavy atom. The number of ether oxygens (including phenoxy) is 1. The van der Waals surface area contributed by atoms with E-state index in [9.17, 15) is 4.79 Å². The van der Waals surface area contributed by atoms with E-state index in [0.29, 0.717) is 25.7 Å². The number of amides is 1. The van der Waals surface area contributed by atoms with Gasteiger partial charge in [0.15, 0.2) is 0 Å². The fourth-order valence-corrected chi connectivity index (χ4v) is 2.81. The minimum atomic E-state index is 0.163. The highest BCUT2D eigenvalue weighted by Gasteiger charge is 2.29. The number of carbonyl (C=O) groups is 1. The van der Waals surface area contributed by atoms with E-state index in [2.05, 4.69) is 22.9 Å². The van der Waals surface area contributed by atoms with Crippen molar-refractivity contribution < 1.29 is 9.53 Å². The van der Waals surface area contributed by atoms with Crippen molar-refractivity contribution in [2.75, 3.05) is 33.9 Å². The Hall–Kier alpha value is -1.46. The highest BCUT2D eigenvalue weighted by molar-refractivity contribution is 5.75. The molecule has 1 saturated heterocycles. The van der Waals surface area contributed by atoms with Crippen LogP contribution in [0.4, 0.5) is 0 Å². The van der Waals surface area contributed by atoms with Crippen LogP contribution >= 0.6 is 0 Å². The van der Waals surface area contributed by atoms with E-state index in [1.807, 2.05) is 19.1 Å². The monoisotopic (exact) mass is 305 g/mol. The van der Waals surface area contributed by atoms with Gasteiger partial charge in [0.05, 0.1) is 18.9 Å². The molecule has 0 bridgehead atoms. The van der Waals surface area contributed by atoms with E-state index in [0.717, 1.165) is 24.5 Å². The molecular weight excluding hydrogens is 278 g/mol. The first-order chi connectivity index (χ1) is 10.5. The number of hydrogen-bond donors (Lipinski definition) is 0. The van der Waals surface area contributed by atoms with Gasteiger partial charge in [0.25, 0.3) is 0 Å². The molecule has 0 unspecified atom stereocenters. The van der Waals surface area contributed by atoms with Crippen molar-refractivity contribution in [1.82, 2.24) is 14.8 Å². The van der Waals surface area contributed by atoms with Gasteiger partial charge in [-0.1, -0.05) is 6.07 Å². The Labute approximate surface area is 133 Å². The lowest BCUT2D eigenvalue weighted by molar-refractivity contribution is -0.130. The quantitative estimate of drug-likeness (QED) is 0.849. The first kappa shape index (κ1) is 16.9. The van der Waals surface area contributed by atoms with Crippen LogP contribution in [-0.2, 0) is 16.1 Å². The molecule has 0 spiro atoms. The summed E-state index contributed by atoms with van der Waals surface area (Å²) in [5.41, 5.74) is 2.11. The first-order valence-electron chi connectivity index (χ1n) is 7.92. The number of carbonyl (C=O) groups excluding carboxylic acids is 1. The van der Waals surface area contributed by atoms with Gasteiger partial charge >= 0.3 is 0 Å². The average molecular weight is 305 g/mol. The SMILES string of the molecule is Cc1cccc(CN2CCOC[C@H](CC(=O)N(C)C)[C@H]2C)n1. The lowest BCUT2D eigenvalue weighted by Gasteiger charge is -2.31. The molecular formula is C17H27N3O2. The molecule has 1 aromatic heterocycles. The van der Waals surface area contributed by atoms with E-state index >= 15 is 0 Å². The molecule has 0 aliphatic carbocycles. The molecule has 122 valence electrons. The average Bonchev–Trinajstić information content (AvgIpc) is 2.63. The van der Waals surface area contributed by atoms with Gasteiger partial charge in [0.2, 0.25) is 5.91 Å². The summed E-state index contributed by atoms with van der Waals surface area (Å²) in [7, 11) is 3.61. The predicted octanol–water partition coefficient (Wildman–Crippen LogP) is 1.71. The summed E-state index contributed by atoms with van der Waals surface area (Å²) in [4.78, 5) is 20.6. The van der Waals surface area contributed by atoms with E-state index in [-0.39, 0.29) is 11.8 Å². The lowest BCUT2D eigenvalue weighted by Crippen LogP contribution is -2.40. The summed E-state index contributed by atoms with van der Waals surface area (Å²) < 4.78 is 5.72. The third kappa shape index (κ3) is 4.52. The molecule has 5 nitrogen and oxygen atoms in total. The maximum Gasteiger partial charge on any atom is 0.222 e. The van der Waals surface area contributed by atoms with Crippen LogP contribution in [0.15, 0.2) is 18.2 Å². The van der Waals surface area contributed by atoms with Gasteiger partial charge in [-0.3, -0.25) is 14.7 Å². The highest BCUT2D eigenvalue weighted by atomic mass is 16.5. The number of aromatic nitrogens is 1. The minimum absolute atomic E-state index is 0.163. The van der Waals surface area contributed by atoms with Crippen LogP contribution in [-0.4, -0.2) is 60.6 Å². The highest BCUT2D eigenvalue weighted by Crippen LogP contribution is 2.21. The van der Waals surface area contributed by atoms with Crippen LogP contribution in [0.1, 0.15) is 24.7 Å². The number of nitrogens with zero attached hydrogens (tertiary/aromatic N) is 3. The second-order valence-electron chi connectivity index (χ2n) is 6.31. The predicted molar refractivity (Wildman–Crippen MR) is 86.5 cm³/mol. The Bertz CT molecular complexity index is 504. The smallest absolute Gasteiger partial charge is 0.222 e. The Kier molecular flexibility index (Phi) is 5.91. The van der Waals surface area contributed by atoms with E-state index in [1.165, 1.54) is 0 Å². The summed E-state index contributed by atoms with van der Waals surface area (Å²) in [6.07, 6.45) is 0.534. The van der Waals surface area contributed by atoms with Gasteiger partial charge in [0.1, 0.15) is 0 Å². The fraction of sp³-hybridized carbons (Fsp3) is 0.647. The van der Waals surface area contributed by atoms with Crippen LogP contribution in [0.5, 0.6) is 0 Å². The second kappa shape index (κ2) is 7.70. The number of pyridine rings is 1. The van der Waals surface area contributed by atoms with Crippen molar-refractivity contribution in [1.29, 1.82) is 0 Å². The molecule has 0 N–H and O–H groups in total. The van der Waals surface area contributed by atoms with Gasteiger partial charge in [-0.15, -0.1) is 0 Å². The maximum atomic E-state index is 12.0. The van der Waals surface area contributed by atoms with Crippen molar-refractivity contribution in [2.45, 2.75) is 32.9 Å². The molecule has 5 heteroatoms. The normalized spacial score (nSPS) is 23.1. The van der Waals surface area contributed by atoms with Crippen LogP contribution in [0.25, 0.3) is 0 Å². The number of hydrogen-bond acceptors (Lipinski definition) is 4. The van der Waals surface area contributed by atoms with Gasteiger partial charge < -0.3 is 9.64 Å². The Balaban J connectivity index is 2.05. The molecule has 1 aliphatic heterocycles. The molecule has 1 aliphatic rings. The van der Waals surface area contributed by atoms with E-state index in [1.54, 1.807) is 19.0 Å². The van der Waals surface area contributed by atoms with Gasteiger partial charge in [-0.25, -0.2) is 0 Å². The molecule has 22 heavy (non-hydrogen) atoms. The zero-order valence-corrected chi connectivity index (χ0v) is 14.1. The summed E-state index contributed by atoms with van der Waals surface area (Å²) in [5.74, 6) is 0.387. The van der Waals surface area contributed by atoms with Gasteiger partial charge in [-0.05, 0) is 26.0 Å². The third-order valence-electron chi connectivity index (χ3n) is 4.36. The summed E-state index contributed by atoms with van der Waals surface area (Å²) in [5, 5.41) is 0. The van der Waals surface area contributed by atoms with Crippen molar-refractivity contribution in [3.8, 4) is 0 Å². The fourth-order valence-electron chi connectivity index (χ4n) is 2.81. The van der Waals surface area contributed by atoms with Gasteiger partial charge in [-0.2, -0.15) is 0 Å². The summed E-state index contributed by atoms with van der Waals surface area (Å²) >= 11 is 0. The summed E-state index contributed by atoms with van der Waals surface area (Å²) in [6.45, 7) is 7.25. The Morgan fingerprint density at radius 1 is 1.45 bits per heavy atom. The van der Waals surface area contributed by atoms with Crippen molar-refractivity contribution >= 4 is 5.91 Å². The minimum Gasteiger partial charge on any atom is -0.380 e. The van der Waals surface area contributed by atoms with Crippen LogP contribution in [0, 0.1) is 12.8 Å². The van der Waals surface area contributed by atoms with Crippen LogP contribution in [0.3, 0.4) is 0 Å². The molecule has 1 fully saturated rings. The lowest BCUT2D eigenvalue weighted by atomic mass is 9.96. The molecule has 2 atom stereocenters. The Morgan fingerprint density at radius 3 is 2.91 bits per heavy atom. The largest absolute Gasteiger partial charge is 0.380 e. The topological polar surface area (TPSA) is 45.7 Å². The van der Waals surface area contributed by atoms with Crippen LogP contribution < -0.4 is 0 Å². The molecule has 0 saturated carbocycles. The van der Waals surface area contributed by atoms with Gasteiger partial charge in [0, 0.05) is 51.3 Å². The molecule has 1 aromatic rings. The molecule has 0 aromatic carbocycles. The molecule has 2 rings (SSSR count). The van der Waals surface area contributed by atoms with E-state index < -0.39 is 0 Å².